The summed E-state index contributed by atoms with van der Waals surface area (Å²) in [6.07, 6.45) is 1.07. The lowest BCUT2D eigenvalue weighted by molar-refractivity contribution is 0.102. The number of benzene rings is 2. The van der Waals surface area contributed by atoms with Gasteiger partial charge in [0.1, 0.15) is 0 Å². The molecule has 0 bridgehead atoms. The molecule has 1 aliphatic heterocycles. The minimum Gasteiger partial charge on any atom is -0.454 e. The maximum absolute atomic E-state index is 12.5. The molecule has 0 aliphatic carbocycles. The SMILES string of the molecule is CS(=O)(=O)c1ccccc1C(=O)Nc1nc2cc3c(cc2s1)OCO3. The fourth-order valence-corrected chi connectivity index (χ4v) is 4.27. The smallest absolute Gasteiger partial charge is 0.258 e. The van der Waals surface area contributed by atoms with Crippen LogP contribution in [0.3, 0.4) is 0 Å². The van der Waals surface area contributed by atoms with Crippen molar-refractivity contribution in [2.45, 2.75) is 4.90 Å². The van der Waals surface area contributed by atoms with E-state index in [0.29, 0.717) is 22.1 Å². The van der Waals surface area contributed by atoms with Gasteiger partial charge in [-0.1, -0.05) is 23.5 Å². The number of hydrogen-bond acceptors (Lipinski definition) is 7. The molecule has 128 valence electrons. The molecule has 0 radical (unpaired) electrons. The molecule has 9 heteroatoms. The van der Waals surface area contributed by atoms with E-state index in [4.69, 9.17) is 9.47 Å². The average Bonchev–Trinajstić information content (AvgIpc) is 3.16. The zero-order valence-electron chi connectivity index (χ0n) is 13.0. The van der Waals surface area contributed by atoms with Crippen LogP contribution in [-0.4, -0.2) is 32.4 Å². The number of carbonyl (C=O) groups excluding carboxylic acids is 1. The van der Waals surface area contributed by atoms with Gasteiger partial charge in [-0.25, -0.2) is 13.4 Å². The van der Waals surface area contributed by atoms with Crippen molar-refractivity contribution >= 4 is 42.4 Å². The fraction of sp³-hybridized carbons (Fsp3) is 0.125. The van der Waals surface area contributed by atoms with E-state index in [-0.39, 0.29) is 17.3 Å². The van der Waals surface area contributed by atoms with Crippen LogP contribution in [0.2, 0.25) is 0 Å². The highest BCUT2D eigenvalue weighted by molar-refractivity contribution is 7.90. The number of nitrogens with zero attached hydrogens (tertiary/aromatic N) is 1. The van der Waals surface area contributed by atoms with Crippen LogP contribution >= 0.6 is 11.3 Å². The maximum Gasteiger partial charge on any atom is 0.258 e. The third-order valence-electron chi connectivity index (χ3n) is 3.63. The minimum absolute atomic E-state index is 0.0191. The second-order valence-corrected chi connectivity index (χ2v) is 8.43. The van der Waals surface area contributed by atoms with Gasteiger partial charge in [0, 0.05) is 18.4 Å². The molecule has 1 amide bonds. The Morgan fingerprint density at radius 3 is 2.68 bits per heavy atom. The van der Waals surface area contributed by atoms with Gasteiger partial charge in [0.2, 0.25) is 6.79 Å². The molecule has 4 rings (SSSR count). The Morgan fingerprint density at radius 2 is 1.92 bits per heavy atom. The van der Waals surface area contributed by atoms with E-state index >= 15 is 0 Å². The standard InChI is InChI=1S/C16H12N2O5S2/c1-25(20,21)14-5-3-2-4-9(14)15(19)18-16-17-10-6-11-12(23-8-22-11)7-13(10)24-16/h2-7H,8H2,1H3,(H,17,18,19). The van der Waals surface area contributed by atoms with E-state index in [0.717, 1.165) is 11.0 Å². The van der Waals surface area contributed by atoms with Gasteiger partial charge in [-0.3, -0.25) is 10.1 Å². The molecule has 0 saturated carbocycles. The summed E-state index contributed by atoms with van der Waals surface area (Å²) in [7, 11) is -3.51. The number of amides is 1. The molecule has 2 heterocycles. The van der Waals surface area contributed by atoms with Gasteiger partial charge in [0.15, 0.2) is 26.5 Å². The first-order valence-corrected chi connectivity index (χ1v) is 9.93. The number of aromatic nitrogens is 1. The Bertz CT molecular complexity index is 1060. The van der Waals surface area contributed by atoms with E-state index in [2.05, 4.69) is 10.3 Å². The van der Waals surface area contributed by atoms with Crippen molar-refractivity contribution in [3.63, 3.8) is 0 Å². The summed E-state index contributed by atoms with van der Waals surface area (Å²) >= 11 is 1.27. The number of thiazole rings is 1. The van der Waals surface area contributed by atoms with Crippen molar-refractivity contribution in [3.05, 3.63) is 42.0 Å². The second-order valence-electron chi connectivity index (χ2n) is 5.41. The molecule has 1 aromatic heterocycles. The van der Waals surface area contributed by atoms with E-state index in [1.54, 1.807) is 24.3 Å². The van der Waals surface area contributed by atoms with Gasteiger partial charge < -0.3 is 9.47 Å². The van der Waals surface area contributed by atoms with Gasteiger partial charge >= 0.3 is 0 Å². The Balaban J connectivity index is 1.67. The van der Waals surface area contributed by atoms with Crippen molar-refractivity contribution < 1.29 is 22.7 Å². The summed E-state index contributed by atoms with van der Waals surface area (Å²) in [5, 5.41) is 3.03. The monoisotopic (exact) mass is 376 g/mol. The van der Waals surface area contributed by atoms with Crippen molar-refractivity contribution in [1.82, 2.24) is 4.98 Å². The number of ether oxygens (including phenoxy) is 2. The molecule has 1 aliphatic rings. The van der Waals surface area contributed by atoms with Gasteiger partial charge in [0.05, 0.1) is 20.7 Å². The molecule has 7 nitrogen and oxygen atoms in total. The van der Waals surface area contributed by atoms with Crippen LogP contribution in [-0.2, 0) is 9.84 Å². The lowest BCUT2D eigenvalue weighted by Crippen LogP contribution is -2.15. The van der Waals surface area contributed by atoms with Crippen LogP contribution in [0.25, 0.3) is 10.2 Å². The van der Waals surface area contributed by atoms with E-state index in [1.807, 2.05) is 0 Å². The van der Waals surface area contributed by atoms with E-state index in [9.17, 15) is 13.2 Å². The molecule has 0 atom stereocenters. The number of carbonyl (C=O) groups is 1. The molecule has 2 aromatic carbocycles. The summed E-state index contributed by atoms with van der Waals surface area (Å²) in [4.78, 5) is 16.8. The van der Waals surface area contributed by atoms with Crippen molar-refractivity contribution in [1.29, 1.82) is 0 Å². The Hall–Kier alpha value is -2.65. The largest absolute Gasteiger partial charge is 0.454 e. The number of anilines is 1. The number of nitrogens with one attached hydrogen (secondary N) is 1. The fourth-order valence-electron chi connectivity index (χ4n) is 2.51. The molecule has 0 spiro atoms. The summed E-state index contributed by atoms with van der Waals surface area (Å²) in [6.45, 7) is 0.179. The summed E-state index contributed by atoms with van der Waals surface area (Å²) in [5.41, 5.74) is 0.749. The number of hydrogen-bond donors (Lipinski definition) is 1. The first-order valence-electron chi connectivity index (χ1n) is 7.22. The molecular formula is C16H12N2O5S2. The predicted molar refractivity (Wildman–Crippen MR) is 93.2 cm³/mol. The average molecular weight is 376 g/mol. The number of sulfone groups is 1. The van der Waals surface area contributed by atoms with Crippen LogP contribution < -0.4 is 14.8 Å². The highest BCUT2D eigenvalue weighted by Gasteiger charge is 2.20. The normalized spacial score (nSPS) is 13.2. The quantitative estimate of drug-likeness (QED) is 0.755. The second kappa shape index (κ2) is 5.71. The molecule has 0 saturated heterocycles. The highest BCUT2D eigenvalue weighted by atomic mass is 32.2. The molecule has 0 unspecified atom stereocenters. The van der Waals surface area contributed by atoms with Crippen LogP contribution in [0.15, 0.2) is 41.3 Å². The summed E-state index contributed by atoms with van der Waals surface area (Å²) < 4.78 is 35.1. The molecular weight excluding hydrogens is 364 g/mol. The number of rotatable bonds is 3. The van der Waals surface area contributed by atoms with Gasteiger partial charge in [-0.2, -0.15) is 0 Å². The minimum atomic E-state index is -3.51. The summed E-state index contributed by atoms with van der Waals surface area (Å²) in [5.74, 6) is 0.717. The van der Waals surface area contributed by atoms with Gasteiger partial charge in [-0.05, 0) is 12.1 Å². The lowest BCUT2D eigenvalue weighted by atomic mass is 10.2. The van der Waals surface area contributed by atoms with Crippen LogP contribution in [0.5, 0.6) is 11.5 Å². The predicted octanol–water partition coefficient (Wildman–Crippen LogP) is 2.68. The number of fused-ring (bicyclic) bond motifs is 2. The molecule has 1 N–H and O–H groups in total. The van der Waals surface area contributed by atoms with Crippen molar-refractivity contribution in [2.24, 2.45) is 0 Å². The van der Waals surface area contributed by atoms with Crippen molar-refractivity contribution in [2.75, 3.05) is 18.4 Å². The van der Waals surface area contributed by atoms with Crippen LogP contribution in [0, 0.1) is 0 Å². The zero-order chi connectivity index (χ0) is 17.6. The van der Waals surface area contributed by atoms with Gasteiger partial charge in [0.25, 0.3) is 5.91 Å². The van der Waals surface area contributed by atoms with E-state index in [1.165, 1.54) is 23.5 Å². The van der Waals surface area contributed by atoms with Crippen LogP contribution in [0.4, 0.5) is 5.13 Å². The third kappa shape index (κ3) is 2.92. The van der Waals surface area contributed by atoms with Crippen LogP contribution in [0.1, 0.15) is 10.4 Å². The molecule has 3 aromatic rings. The van der Waals surface area contributed by atoms with Gasteiger partial charge in [-0.15, -0.1) is 0 Å². The molecule has 25 heavy (non-hydrogen) atoms. The lowest BCUT2D eigenvalue weighted by Gasteiger charge is -2.06. The first kappa shape index (κ1) is 15.9. The Morgan fingerprint density at radius 1 is 1.20 bits per heavy atom. The first-order chi connectivity index (χ1) is 11.9. The van der Waals surface area contributed by atoms with Crippen molar-refractivity contribution in [3.8, 4) is 11.5 Å². The topological polar surface area (TPSA) is 94.6 Å². The Kier molecular flexibility index (Phi) is 3.62. The zero-order valence-corrected chi connectivity index (χ0v) is 14.6. The maximum atomic E-state index is 12.5. The molecule has 0 fully saturated rings. The van der Waals surface area contributed by atoms with E-state index < -0.39 is 15.7 Å². The third-order valence-corrected chi connectivity index (χ3v) is 5.72. The highest BCUT2D eigenvalue weighted by Crippen LogP contribution is 2.39. The Labute approximate surface area is 147 Å². The summed E-state index contributed by atoms with van der Waals surface area (Å²) in [6, 6.07) is 9.61.